The largest absolute Gasteiger partial charge is 0.480 e. The number of nitrogens with one attached hydrogen (secondary N) is 1. The molecule has 0 heterocycles. The molecule has 0 saturated heterocycles. The van der Waals surface area contributed by atoms with E-state index in [2.05, 4.69) is 26.1 Å². The van der Waals surface area contributed by atoms with Gasteiger partial charge in [0.2, 0.25) is 0 Å². The average molecular weight is 219 g/mol. The Hall–Kier alpha value is -0.220. The van der Waals surface area contributed by atoms with E-state index in [1.54, 1.807) is 7.05 Å². The number of rotatable bonds is 7. The van der Waals surface area contributed by atoms with Gasteiger partial charge in [-0.2, -0.15) is 11.8 Å². The van der Waals surface area contributed by atoms with Crippen molar-refractivity contribution < 1.29 is 9.90 Å². The topological polar surface area (TPSA) is 49.3 Å². The zero-order valence-corrected chi connectivity index (χ0v) is 10.2. The van der Waals surface area contributed by atoms with Gasteiger partial charge in [-0.25, -0.2) is 0 Å². The molecule has 0 amide bonds. The number of carbonyl (C=O) groups is 1. The number of likely N-dealkylation sites (N-methyl/N-ethyl adjacent to an activating group) is 1. The van der Waals surface area contributed by atoms with E-state index >= 15 is 0 Å². The highest BCUT2D eigenvalue weighted by Gasteiger charge is 2.15. The maximum absolute atomic E-state index is 10.7. The molecule has 2 N–H and O–H groups in total. The first-order chi connectivity index (χ1) is 6.49. The molecule has 0 radical (unpaired) electrons. The number of carboxylic acids is 1. The van der Waals surface area contributed by atoms with Crippen LogP contribution in [0.4, 0.5) is 0 Å². The van der Waals surface area contributed by atoms with Crippen molar-refractivity contribution in [1.82, 2.24) is 5.32 Å². The molecule has 0 rings (SSSR count). The molecule has 2 unspecified atom stereocenters. The number of hydrogen-bond acceptors (Lipinski definition) is 3. The van der Waals surface area contributed by atoms with Gasteiger partial charge in [0.15, 0.2) is 0 Å². The molecule has 0 aliphatic heterocycles. The molecule has 0 aliphatic carbocycles. The van der Waals surface area contributed by atoms with Crippen LogP contribution in [-0.4, -0.2) is 35.2 Å². The van der Waals surface area contributed by atoms with E-state index < -0.39 is 12.0 Å². The fraction of sp³-hybridized carbons (Fsp3) is 0.900. The summed E-state index contributed by atoms with van der Waals surface area (Å²) in [5, 5.41) is 12.2. The van der Waals surface area contributed by atoms with Gasteiger partial charge in [-0.1, -0.05) is 20.8 Å². The minimum Gasteiger partial charge on any atom is -0.480 e. The number of carboxylic acid groups (broad SMARTS) is 1. The van der Waals surface area contributed by atoms with Gasteiger partial charge in [0, 0.05) is 5.25 Å². The van der Waals surface area contributed by atoms with Crippen LogP contribution in [0.2, 0.25) is 0 Å². The second kappa shape index (κ2) is 7.12. The Kier molecular flexibility index (Phi) is 7.01. The first-order valence-corrected chi connectivity index (χ1v) is 6.05. The van der Waals surface area contributed by atoms with E-state index in [0.29, 0.717) is 17.6 Å². The predicted octanol–water partition coefficient (Wildman–Crippen LogP) is 1.83. The van der Waals surface area contributed by atoms with Crippen LogP contribution < -0.4 is 5.32 Å². The Balaban J connectivity index is 3.66. The van der Waals surface area contributed by atoms with Gasteiger partial charge in [0.1, 0.15) is 6.04 Å². The van der Waals surface area contributed by atoms with Crippen LogP contribution in [0.1, 0.15) is 27.2 Å². The van der Waals surface area contributed by atoms with Crippen LogP contribution in [0.5, 0.6) is 0 Å². The molecule has 0 fully saturated rings. The van der Waals surface area contributed by atoms with Crippen molar-refractivity contribution in [2.75, 3.05) is 12.8 Å². The summed E-state index contributed by atoms with van der Waals surface area (Å²) in [6.45, 7) is 6.55. The highest BCUT2D eigenvalue weighted by atomic mass is 32.2. The SMILES string of the molecule is CNC(CCSC(C)C(C)C)C(=O)O. The van der Waals surface area contributed by atoms with Gasteiger partial charge in [-0.05, 0) is 25.1 Å². The third-order valence-electron chi connectivity index (χ3n) is 2.37. The molecular formula is C10H21NO2S. The molecule has 0 spiro atoms. The second-order valence-corrected chi connectivity index (χ2v) is 5.27. The van der Waals surface area contributed by atoms with Gasteiger partial charge in [0.05, 0.1) is 0 Å². The van der Waals surface area contributed by atoms with Gasteiger partial charge in [0.25, 0.3) is 0 Å². The van der Waals surface area contributed by atoms with Crippen LogP contribution in [0, 0.1) is 5.92 Å². The maximum atomic E-state index is 10.7. The van der Waals surface area contributed by atoms with E-state index in [4.69, 9.17) is 5.11 Å². The molecule has 0 saturated carbocycles. The van der Waals surface area contributed by atoms with E-state index in [1.807, 2.05) is 11.8 Å². The first-order valence-electron chi connectivity index (χ1n) is 5.00. The van der Waals surface area contributed by atoms with Crippen molar-refractivity contribution in [3.05, 3.63) is 0 Å². The zero-order chi connectivity index (χ0) is 11.1. The fourth-order valence-corrected chi connectivity index (χ4v) is 2.08. The monoisotopic (exact) mass is 219 g/mol. The zero-order valence-electron chi connectivity index (χ0n) is 9.41. The predicted molar refractivity (Wildman–Crippen MR) is 61.9 cm³/mol. The number of hydrogen-bond donors (Lipinski definition) is 2. The van der Waals surface area contributed by atoms with Crippen molar-refractivity contribution >= 4 is 17.7 Å². The van der Waals surface area contributed by atoms with Crippen LogP contribution in [0.15, 0.2) is 0 Å². The molecule has 4 heteroatoms. The Morgan fingerprint density at radius 2 is 2.00 bits per heavy atom. The normalized spacial score (nSPS) is 15.5. The van der Waals surface area contributed by atoms with Crippen LogP contribution >= 0.6 is 11.8 Å². The summed E-state index contributed by atoms with van der Waals surface area (Å²) in [4.78, 5) is 10.7. The lowest BCUT2D eigenvalue weighted by Gasteiger charge is -2.16. The molecule has 0 bridgehead atoms. The summed E-state index contributed by atoms with van der Waals surface area (Å²) in [6, 6.07) is -0.401. The molecular weight excluding hydrogens is 198 g/mol. The maximum Gasteiger partial charge on any atom is 0.320 e. The van der Waals surface area contributed by atoms with Crippen molar-refractivity contribution in [3.8, 4) is 0 Å². The highest BCUT2D eigenvalue weighted by Crippen LogP contribution is 2.19. The number of aliphatic carboxylic acids is 1. The third-order valence-corrected chi connectivity index (χ3v) is 3.91. The van der Waals surface area contributed by atoms with Crippen LogP contribution in [0.25, 0.3) is 0 Å². The van der Waals surface area contributed by atoms with E-state index in [-0.39, 0.29) is 0 Å². The standard InChI is InChI=1S/C10H21NO2S/c1-7(2)8(3)14-6-5-9(11-4)10(12)13/h7-9,11H,5-6H2,1-4H3,(H,12,13). The Morgan fingerprint density at radius 1 is 1.43 bits per heavy atom. The van der Waals surface area contributed by atoms with E-state index in [1.165, 1.54) is 0 Å². The lowest BCUT2D eigenvalue weighted by atomic mass is 10.2. The molecule has 0 aromatic carbocycles. The number of thioether (sulfide) groups is 1. The third kappa shape index (κ3) is 5.50. The highest BCUT2D eigenvalue weighted by molar-refractivity contribution is 7.99. The smallest absolute Gasteiger partial charge is 0.320 e. The van der Waals surface area contributed by atoms with Crippen molar-refractivity contribution in [1.29, 1.82) is 0 Å². The summed E-state index contributed by atoms with van der Waals surface area (Å²) < 4.78 is 0. The van der Waals surface area contributed by atoms with Gasteiger partial charge in [-0.15, -0.1) is 0 Å². The minimum atomic E-state index is -0.759. The Labute approximate surface area is 90.7 Å². The van der Waals surface area contributed by atoms with Gasteiger partial charge < -0.3 is 10.4 Å². The average Bonchev–Trinajstić information content (AvgIpc) is 2.11. The summed E-state index contributed by atoms with van der Waals surface area (Å²) in [5.41, 5.74) is 0. The van der Waals surface area contributed by atoms with Gasteiger partial charge in [-0.3, -0.25) is 4.79 Å². The summed E-state index contributed by atoms with van der Waals surface area (Å²) in [6.07, 6.45) is 0.688. The lowest BCUT2D eigenvalue weighted by molar-refractivity contribution is -0.139. The van der Waals surface area contributed by atoms with Crippen LogP contribution in [0.3, 0.4) is 0 Å². The summed E-state index contributed by atoms with van der Waals surface area (Å²) in [5.74, 6) is 0.792. The van der Waals surface area contributed by atoms with Crippen LogP contribution in [-0.2, 0) is 4.79 Å². The molecule has 14 heavy (non-hydrogen) atoms. The van der Waals surface area contributed by atoms with Crippen molar-refractivity contribution in [2.24, 2.45) is 5.92 Å². The quantitative estimate of drug-likeness (QED) is 0.686. The van der Waals surface area contributed by atoms with Gasteiger partial charge >= 0.3 is 5.97 Å². The molecule has 0 aromatic rings. The fourth-order valence-electron chi connectivity index (χ4n) is 0.956. The first kappa shape index (κ1) is 13.8. The minimum absolute atomic E-state index is 0.401. The molecule has 2 atom stereocenters. The summed E-state index contributed by atoms with van der Waals surface area (Å²) in [7, 11) is 1.69. The molecule has 3 nitrogen and oxygen atoms in total. The van der Waals surface area contributed by atoms with Crippen molar-refractivity contribution in [3.63, 3.8) is 0 Å². The second-order valence-electron chi connectivity index (χ2n) is 3.79. The van der Waals surface area contributed by atoms with E-state index in [9.17, 15) is 4.79 Å². The Bertz CT molecular complexity index is 174. The van der Waals surface area contributed by atoms with Crippen molar-refractivity contribution in [2.45, 2.75) is 38.5 Å². The van der Waals surface area contributed by atoms with E-state index in [0.717, 1.165) is 5.75 Å². The lowest BCUT2D eigenvalue weighted by Crippen LogP contribution is -2.34. The molecule has 84 valence electrons. The molecule has 0 aliphatic rings. The Morgan fingerprint density at radius 3 is 2.36 bits per heavy atom. The molecule has 0 aromatic heterocycles. The summed E-state index contributed by atoms with van der Waals surface area (Å²) >= 11 is 1.84.